The highest BCUT2D eigenvalue weighted by atomic mass is 32.1. The third kappa shape index (κ3) is 3.51. The van der Waals surface area contributed by atoms with Gasteiger partial charge in [0.05, 0.1) is 12.8 Å². The summed E-state index contributed by atoms with van der Waals surface area (Å²) in [5.74, 6) is -0.340. The van der Waals surface area contributed by atoms with E-state index in [4.69, 9.17) is 4.74 Å². The van der Waals surface area contributed by atoms with Crippen molar-refractivity contribution >= 4 is 22.4 Å². The molecule has 0 spiro atoms. The number of rotatable bonds is 5. The predicted molar refractivity (Wildman–Crippen MR) is 74.6 cm³/mol. The molecule has 19 heavy (non-hydrogen) atoms. The number of carbonyl (C=O) groups is 1. The Hall–Kier alpha value is -1.95. The van der Waals surface area contributed by atoms with E-state index in [1.165, 1.54) is 18.4 Å². The van der Waals surface area contributed by atoms with Crippen LogP contribution in [0.2, 0.25) is 0 Å². The van der Waals surface area contributed by atoms with Gasteiger partial charge in [-0.1, -0.05) is 17.4 Å². The summed E-state index contributed by atoms with van der Waals surface area (Å²) in [6, 6.07) is 5.84. The smallest absolute Gasteiger partial charge is 0.350 e. The molecule has 6 heteroatoms. The fraction of sp³-hybridized carbons (Fsp3) is 0.308. The number of pyridine rings is 1. The average Bonchev–Trinajstić information content (AvgIpc) is 2.80. The molecule has 2 aromatic heterocycles. The van der Waals surface area contributed by atoms with Gasteiger partial charge in [0.25, 0.3) is 0 Å². The lowest BCUT2D eigenvalue weighted by atomic mass is 10.3. The van der Waals surface area contributed by atoms with Crippen LogP contribution in [-0.4, -0.2) is 29.6 Å². The molecule has 0 aromatic carbocycles. The monoisotopic (exact) mass is 277 g/mol. The van der Waals surface area contributed by atoms with E-state index < -0.39 is 0 Å². The van der Waals surface area contributed by atoms with Crippen LogP contribution in [0.15, 0.2) is 24.4 Å². The second kappa shape index (κ2) is 6.29. The molecule has 2 rings (SSSR count). The molecule has 2 aromatic rings. The van der Waals surface area contributed by atoms with E-state index in [0.29, 0.717) is 10.6 Å². The fourth-order valence-corrected chi connectivity index (χ4v) is 2.51. The second-order valence-electron chi connectivity index (χ2n) is 3.92. The summed E-state index contributed by atoms with van der Waals surface area (Å²) >= 11 is 1.31. The zero-order valence-corrected chi connectivity index (χ0v) is 11.7. The van der Waals surface area contributed by atoms with Crippen LogP contribution in [0.1, 0.15) is 21.1 Å². The lowest BCUT2D eigenvalue weighted by Gasteiger charge is -2.01. The quantitative estimate of drug-likeness (QED) is 0.849. The van der Waals surface area contributed by atoms with Crippen molar-refractivity contribution in [2.75, 3.05) is 19.0 Å². The molecule has 0 unspecified atom stereocenters. The molecule has 0 saturated heterocycles. The topological polar surface area (TPSA) is 64.1 Å². The third-order valence-corrected chi connectivity index (χ3v) is 3.65. The molecule has 0 aliphatic heterocycles. The molecule has 0 aliphatic rings. The molecule has 2 heterocycles. The van der Waals surface area contributed by atoms with E-state index in [0.717, 1.165) is 23.8 Å². The number of methoxy groups -OCH3 is 1. The number of carbonyl (C=O) groups excluding carboxylic acids is 1. The Morgan fingerprint density at radius 3 is 3.00 bits per heavy atom. The highest BCUT2D eigenvalue weighted by Crippen LogP contribution is 2.23. The zero-order valence-electron chi connectivity index (χ0n) is 10.8. The molecule has 0 saturated carbocycles. The summed E-state index contributed by atoms with van der Waals surface area (Å²) in [7, 11) is 1.37. The highest BCUT2D eigenvalue weighted by Gasteiger charge is 2.15. The Morgan fingerprint density at radius 1 is 1.47 bits per heavy atom. The van der Waals surface area contributed by atoms with Crippen molar-refractivity contribution in [2.45, 2.75) is 13.3 Å². The molecular formula is C13H15N3O2S. The minimum Gasteiger partial charge on any atom is -0.465 e. The number of nitrogens with zero attached hydrogens (tertiary/aromatic N) is 2. The van der Waals surface area contributed by atoms with Crippen molar-refractivity contribution in [1.29, 1.82) is 0 Å². The van der Waals surface area contributed by atoms with Crippen LogP contribution in [0.5, 0.6) is 0 Å². The minimum absolute atomic E-state index is 0.340. The van der Waals surface area contributed by atoms with Crippen LogP contribution >= 0.6 is 11.3 Å². The van der Waals surface area contributed by atoms with E-state index >= 15 is 0 Å². The van der Waals surface area contributed by atoms with Crippen LogP contribution in [0.25, 0.3) is 0 Å². The van der Waals surface area contributed by atoms with Gasteiger partial charge in [0.2, 0.25) is 0 Å². The maximum absolute atomic E-state index is 11.5. The summed E-state index contributed by atoms with van der Waals surface area (Å²) in [4.78, 5) is 20.5. The molecule has 0 amide bonds. The maximum Gasteiger partial charge on any atom is 0.350 e. The average molecular weight is 277 g/mol. The van der Waals surface area contributed by atoms with Crippen molar-refractivity contribution < 1.29 is 9.53 Å². The van der Waals surface area contributed by atoms with E-state index in [1.807, 2.05) is 18.2 Å². The zero-order chi connectivity index (χ0) is 13.7. The maximum atomic E-state index is 11.5. The van der Waals surface area contributed by atoms with Crippen molar-refractivity contribution in [3.63, 3.8) is 0 Å². The van der Waals surface area contributed by atoms with Gasteiger partial charge in [-0.25, -0.2) is 9.78 Å². The largest absolute Gasteiger partial charge is 0.465 e. The Balaban J connectivity index is 1.92. The van der Waals surface area contributed by atoms with Gasteiger partial charge in [0, 0.05) is 24.9 Å². The Labute approximate surface area is 115 Å². The van der Waals surface area contributed by atoms with Crippen molar-refractivity contribution in [1.82, 2.24) is 9.97 Å². The molecule has 0 bridgehead atoms. The van der Waals surface area contributed by atoms with Gasteiger partial charge in [0.1, 0.15) is 4.88 Å². The molecule has 0 fully saturated rings. The van der Waals surface area contributed by atoms with Crippen molar-refractivity contribution in [3.05, 3.63) is 40.7 Å². The first kappa shape index (κ1) is 13.5. The number of aromatic nitrogens is 2. The molecule has 1 N–H and O–H groups in total. The lowest BCUT2D eigenvalue weighted by Crippen LogP contribution is -2.05. The van der Waals surface area contributed by atoms with Crippen molar-refractivity contribution in [2.24, 2.45) is 0 Å². The molecular weight excluding hydrogens is 262 g/mol. The van der Waals surface area contributed by atoms with Crippen molar-refractivity contribution in [3.8, 4) is 0 Å². The number of ether oxygens (including phenoxy) is 1. The van der Waals surface area contributed by atoms with Gasteiger partial charge < -0.3 is 10.1 Å². The second-order valence-corrected chi connectivity index (χ2v) is 4.92. The van der Waals surface area contributed by atoms with Crippen LogP contribution in [0, 0.1) is 6.92 Å². The Morgan fingerprint density at radius 2 is 2.32 bits per heavy atom. The molecule has 5 nitrogen and oxygen atoms in total. The first-order valence-corrected chi connectivity index (χ1v) is 6.72. The Bertz CT molecular complexity index is 554. The van der Waals surface area contributed by atoms with Gasteiger partial charge in [-0.05, 0) is 19.1 Å². The van der Waals surface area contributed by atoms with Gasteiger partial charge in [0.15, 0.2) is 5.13 Å². The van der Waals surface area contributed by atoms with Gasteiger partial charge in [-0.15, -0.1) is 0 Å². The number of anilines is 1. The number of hydrogen-bond acceptors (Lipinski definition) is 6. The normalized spacial score (nSPS) is 10.2. The van der Waals surface area contributed by atoms with E-state index in [9.17, 15) is 4.79 Å². The number of esters is 1. The number of thiazole rings is 1. The number of aryl methyl sites for hydroxylation is 1. The predicted octanol–water partition coefficient (Wildman–Crippen LogP) is 2.29. The first-order valence-electron chi connectivity index (χ1n) is 5.90. The van der Waals surface area contributed by atoms with Gasteiger partial charge in [-0.3, -0.25) is 4.98 Å². The van der Waals surface area contributed by atoms with E-state index in [-0.39, 0.29) is 5.97 Å². The summed E-state index contributed by atoms with van der Waals surface area (Å²) in [5, 5.41) is 3.92. The number of hydrogen-bond donors (Lipinski definition) is 1. The van der Waals surface area contributed by atoms with E-state index in [1.54, 1.807) is 13.1 Å². The van der Waals surface area contributed by atoms with Crippen LogP contribution < -0.4 is 5.32 Å². The lowest BCUT2D eigenvalue weighted by molar-refractivity contribution is 0.0605. The summed E-state index contributed by atoms with van der Waals surface area (Å²) in [6.45, 7) is 2.53. The summed E-state index contributed by atoms with van der Waals surface area (Å²) in [5.41, 5.74) is 1.72. The summed E-state index contributed by atoms with van der Waals surface area (Å²) in [6.07, 6.45) is 2.59. The molecule has 0 atom stereocenters. The van der Waals surface area contributed by atoms with Crippen LogP contribution in [-0.2, 0) is 11.2 Å². The van der Waals surface area contributed by atoms with E-state index in [2.05, 4.69) is 15.3 Å². The number of nitrogens with one attached hydrogen (secondary N) is 1. The molecule has 100 valence electrons. The molecule has 0 radical (unpaired) electrons. The SMILES string of the molecule is COC(=O)c1sc(NCCc2ccccn2)nc1C. The van der Waals surface area contributed by atoms with Gasteiger partial charge in [-0.2, -0.15) is 0 Å². The standard InChI is InChI=1S/C13H15N3O2S/c1-9-11(12(17)18-2)19-13(16-9)15-8-6-10-5-3-4-7-14-10/h3-5,7H,6,8H2,1-2H3,(H,15,16). The summed E-state index contributed by atoms with van der Waals surface area (Å²) < 4.78 is 4.70. The molecule has 0 aliphatic carbocycles. The first-order chi connectivity index (χ1) is 9.20. The third-order valence-electron chi connectivity index (χ3n) is 2.55. The Kier molecular flexibility index (Phi) is 4.46. The minimum atomic E-state index is -0.340. The fourth-order valence-electron chi connectivity index (χ4n) is 1.60. The highest BCUT2D eigenvalue weighted by molar-refractivity contribution is 7.17. The van der Waals surface area contributed by atoms with Crippen LogP contribution in [0.3, 0.4) is 0 Å². The van der Waals surface area contributed by atoms with Crippen LogP contribution in [0.4, 0.5) is 5.13 Å². The van der Waals surface area contributed by atoms with Gasteiger partial charge >= 0.3 is 5.97 Å².